The Balaban J connectivity index is 0.000000186. The van der Waals surface area contributed by atoms with Gasteiger partial charge in [-0.2, -0.15) is 0 Å². The molecule has 7 nitrogen and oxygen atoms in total. The van der Waals surface area contributed by atoms with Crippen LogP contribution in [0.1, 0.15) is 94.8 Å². The molecule has 0 aromatic heterocycles. The lowest BCUT2D eigenvalue weighted by molar-refractivity contribution is -0.137. The number of hydrogen-bond acceptors (Lipinski definition) is 5. The molecule has 0 aliphatic carbocycles. The predicted octanol–water partition coefficient (Wildman–Crippen LogP) is 7.61. The number of piperidine rings is 2. The smallest absolute Gasteiger partial charge is 0.333 e. The Morgan fingerprint density at radius 3 is 1.64 bits per heavy atom. The largest absolute Gasteiger partial charge is 0.343 e. The average Bonchev–Trinajstić information content (AvgIpc) is 3.59. The summed E-state index contributed by atoms with van der Waals surface area (Å²) in [4.78, 5) is 28.6. The average molecular weight is 639 g/mol. The highest BCUT2D eigenvalue weighted by atomic mass is 31.2. The van der Waals surface area contributed by atoms with Gasteiger partial charge in [0.05, 0.1) is 25.3 Å². The molecule has 4 aliphatic heterocycles. The van der Waals surface area contributed by atoms with E-state index in [1.807, 2.05) is 4.90 Å². The number of carbonyl (C=O) groups is 2. The van der Waals surface area contributed by atoms with Gasteiger partial charge in [0.1, 0.15) is 28.9 Å². The summed E-state index contributed by atoms with van der Waals surface area (Å²) in [5, 5.41) is 0. The van der Waals surface area contributed by atoms with Crippen molar-refractivity contribution in [2.24, 2.45) is 0 Å². The van der Waals surface area contributed by atoms with Crippen molar-refractivity contribution < 1.29 is 40.8 Å². The van der Waals surface area contributed by atoms with Crippen molar-refractivity contribution >= 4 is 19.4 Å². The normalized spacial score (nSPS) is 26.7. The maximum atomic E-state index is 13.6. The maximum absolute atomic E-state index is 13.6. The van der Waals surface area contributed by atoms with Crippen LogP contribution in [0.5, 0.6) is 0 Å². The van der Waals surface area contributed by atoms with Crippen LogP contribution in [-0.2, 0) is 23.2 Å². The minimum atomic E-state index is -3.58. The highest BCUT2D eigenvalue weighted by Crippen LogP contribution is 2.58. The van der Waals surface area contributed by atoms with Crippen LogP contribution in [0, 0.1) is 23.3 Å². The van der Waals surface area contributed by atoms with Crippen molar-refractivity contribution in [3.63, 3.8) is 0 Å². The molecule has 1 unspecified atom stereocenters. The first kappa shape index (κ1) is 32.6. The van der Waals surface area contributed by atoms with Crippen LogP contribution in [0.25, 0.3) is 0 Å². The third-order valence-electron chi connectivity index (χ3n) is 9.07. The Kier molecular flexibility index (Phi) is 10.2. The second-order valence-electron chi connectivity index (χ2n) is 11.8. The monoisotopic (exact) mass is 638 g/mol. The van der Waals surface area contributed by atoms with Gasteiger partial charge >= 0.3 is 7.60 Å². The summed E-state index contributed by atoms with van der Waals surface area (Å²) < 4.78 is 77.7. The van der Waals surface area contributed by atoms with E-state index in [-0.39, 0.29) is 43.2 Å². The SMILES string of the molecule is CCOP(=O)(OCC)C1CC[C@H]2CC[C@@H](c3cc(F)cc(F)c3)N2C1=O.O=C1CCC[C@H]2CC[C@@H](c3cc(F)cc(F)c3)N12. The molecule has 0 radical (unpaired) electrons. The second kappa shape index (κ2) is 13.7. The Hall–Kier alpha value is -2.75. The summed E-state index contributed by atoms with van der Waals surface area (Å²) in [5.41, 5.74) is 0.157. The molecule has 12 heteroatoms. The molecule has 4 saturated heterocycles. The lowest BCUT2D eigenvalue weighted by Gasteiger charge is -2.40. The molecule has 5 atom stereocenters. The zero-order chi connectivity index (χ0) is 31.6. The van der Waals surface area contributed by atoms with E-state index in [0.29, 0.717) is 36.8 Å². The molecule has 6 rings (SSSR count). The van der Waals surface area contributed by atoms with Crippen LogP contribution in [0.2, 0.25) is 0 Å². The number of carbonyl (C=O) groups excluding carboxylic acids is 2. The predicted molar refractivity (Wildman–Crippen MR) is 156 cm³/mol. The molecule has 44 heavy (non-hydrogen) atoms. The van der Waals surface area contributed by atoms with Crippen LogP contribution in [-0.4, -0.2) is 52.6 Å². The standard InChI is InChI=1S/C18H24F2NO4P.C14H15F2NO/c1-3-24-26(23,25-4-2)17-8-6-15-5-7-16(21(15)18(17)22)12-9-13(19)11-14(20)10-12;15-10-6-9(7-11(16)8-10)13-5-4-12-2-1-3-14(18)17(12)13/h9-11,15-17H,3-8H2,1-2H3;6-8,12-13H,1-5H2/t15-,16+,17?;12-,13-/m10/s1. The number of nitrogens with zero attached hydrogens (tertiary/aromatic N) is 2. The number of benzene rings is 2. The van der Waals surface area contributed by atoms with E-state index >= 15 is 0 Å². The molecule has 0 spiro atoms. The number of fused-ring (bicyclic) bond motifs is 2. The van der Waals surface area contributed by atoms with Crippen LogP contribution in [0.3, 0.4) is 0 Å². The molecule has 2 aromatic rings. The van der Waals surface area contributed by atoms with Crippen molar-refractivity contribution in [1.82, 2.24) is 9.80 Å². The van der Waals surface area contributed by atoms with Gasteiger partial charge in [-0.25, -0.2) is 17.6 Å². The maximum Gasteiger partial charge on any atom is 0.343 e. The summed E-state index contributed by atoms with van der Waals surface area (Å²) in [6.07, 6.45) is 6.74. The van der Waals surface area contributed by atoms with E-state index in [0.717, 1.165) is 44.2 Å². The van der Waals surface area contributed by atoms with Crippen molar-refractivity contribution in [2.45, 2.75) is 101 Å². The Labute approximate surface area is 255 Å². The zero-order valence-corrected chi connectivity index (χ0v) is 25.9. The Bertz CT molecular complexity index is 1380. The van der Waals surface area contributed by atoms with Crippen LogP contribution >= 0.6 is 7.60 Å². The second-order valence-corrected chi connectivity index (χ2v) is 14.0. The van der Waals surface area contributed by atoms with Gasteiger partial charge in [0.25, 0.3) is 0 Å². The van der Waals surface area contributed by atoms with Crippen LogP contribution in [0.4, 0.5) is 17.6 Å². The van der Waals surface area contributed by atoms with Gasteiger partial charge in [-0.05, 0) is 101 Å². The first-order chi connectivity index (χ1) is 21.0. The van der Waals surface area contributed by atoms with Gasteiger partial charge in [-0.1, -0.05) is 0 Å². The van der Waals surface area contributed by atoms with Crippen molar-refractivity contribution in [3.8, 4) is 0 Å². The topological polar surface area (TPSA) is 76.1 Å². The van der Waals surface area contributed by atoms with Gasteiger partial charge in [0.15, 0.2) is 0 Å². The van der Waals surface area contributed by atoms with Gasteiger partial charge in [-0.15, -0.1) is 0 Å². The molecule has 0 N–H and O–H groups in total. The highest BCUT2D eigenvalue weighted by Gasteiger charge is 2.51. The summed E-state index contributed by atoms with van der Waals surface area (Å²) in [6.45, 7) is 3.78. The molecule has 4 fully saturated rings. The van der Waals surface area contributed by atoms with E-state index in [9.17, 15) is 31.7 Å². The molecule has 2 amide bonds. The van der Waals surface area contributed by atoms with Gasteiger partial charge in [0, 0.05) is 30.6 Å². The van der Waals surface area contributed by atoms with Crippen molar-refractivity contribution in [3.05, 3.63) is 70.8 Å². The fourth-order valence-electron chi connectivity index (χ4n) is 7.37. The fourth-order valence-corrected chi connectivity index (χ4v) is 9.39. The summed E-state index contributed by atoms with van der Waals surface area (Å²) in [6, 6.07) is 6.59. The first-order valence-corrected chi connectivity index (χ1v) is 17.1. The van der Waals surface area contributed by atoms with E-state index in [1.54, 1.807) is 18.7 Å². The molecule has 2 aromatic carbocycles. The molecule has 240 valence electrons. The van der Waals surface area contributed by atoms with E-state index in [2.05, 4.69) is 0 Å². The minimum Gasteiger partial charge on any atom is -0.333 e. The molecule has 4 aliphatic rings. The van der Waals surface area contributed by atoms with Crippen LogP contribution < -0.4 is 0 Å². The molecular weight excluding hydrogens is 599 g/mol. The summed E-state index contributed by atoms with van der Waals surface area (Å²) >= 11 is 0. The zero-order valence-electron chi connectivity index (χ0n) is 25.0. The Morgan fingerprint density at radius 2 is 1.14 bits per heavy atom. The highest BCUT2D eigenvalue weighted by molar-refractivity contribution is 7.55. The summed E-state index contributed by atoms with van der Waals surface area (Å²) in [5.74, 6) is -2.66. The van der Waals surface area contributed by atoms with Crippen molar-refractivity contribution in [2.75, 3.05) is 13.2 Å². The van der Waals surface area contributed by atoms with Gasteiger partial charge in [0.2, 0.25) is 11.8 Å². The lowest BCUT2D eigenvalue weighted by Crippen LogP contribution is -2.48. The third kappa shape index (κ3) is 6.75. The quantitative estimate of drug-likeness (QED) is 0.231. The first-order valence-electron chi connectivity index (χ1n) is 15.5. The molecule has 0 bridgehead atoms. The number of rotatable bonds is 7. The molecular formula is C32H39F4N2O5P. The van der Waals surface area contributed by atoms with Gasteiger partial charge in [-0.3, -0.25) is 14.2 Å². The Morgan fingerprint density at radius 1 is 0.682 bits per heavy atom. The summed E-state index contributed by atoms with van der Waals surface area (Å²) in [7, 11) is -3.58. The minimum absolute atomic E-state index is 0.00761. The number of halogens is 4. The fraction of sp³-hybridized carbons (Fsp3) is 0.562. The lowest BCUT2D eigenvalue weighted by atomic mass is 10.0. The number of hydrogen-bond donors (Lipinski definition) is 0. The van der Waals surface area contributed by atoms with Crippen LogP contribution in [0.15, 0.2) is 36.4 Å². The molecule has 0 saturated carbocycles. The third-order valence-corrected chi connectivity index (χ3v) is 11.6. The van der Waals surface area contributed by atoms with E-state index in [4.69, 9.17) is 9.05 Å². The van der Waals surface area contributed by atoms with E-state index < -0.39 is 42.6 Å². The van der Waals surface area contributed by atoms with E-state index in [1.165, 1.54) is 24.3 Å². The van der Waals surface area contributed by atoms with Crippen molar-refractivity contribution in [1.29, 1.82) is 0 Å². The van der Waals surface area contributed by atoms with Gasteiger partial charge < -0.3 is 18.8 Å². The number of amides is 2. The molecule has 4 heterocycles.